The quantitative estimate of drug-likeness (QED) is 0.699. The third kappa shape index (κ3) is 2.22. The van der Waals surface area contributed by atoms with Gasteiger partial charge >= 0.3 is 0 Å². The van der Waals surface area contributed by atoms with Gasteiger partial charge in [-0.2, -0.15) is 0 Å². The summed E-state index contributed by atoms with van der Waals surface area (Å²) >= 11 is 0. The molecule has 1 saturated carbocycles. The van der Waals surface area contributed by atoms with Crippen LogP contribution >= 0.6 is 0 Å². The summed E-state index contributed by atoms with van der Waals surface area (Å²) in [6.07, 6.45) is 9.00. The highest BCUT2D eigenvalue weighted by Crippen LogP contribution is 2.44. The van der Waals surface area contributed by atoms with E-state index in [1.807, 2.05) is 0 Å². The van der Waals surface area contributed by atoms with Crippen LogP contribution in [-0.2, 0) is 9.53 Å². The van der Waals surface area contributed by atoms with Crippen molar-refractivity contribution in [1.82, 2.24) is 4.90 Å². The van der Waals surface area contributed by atoms with E-state index < -0.39 is 0 Å². The third-order valence-electron chi connectivity index (χ3n) is 4.94. The first kappa shape index (κ1) is 11.5. The molecule has 1 amide bonds. The Balaban J connectivity index is 1.60. The molecule has 3 aliphatic rings. The summed E-state index contributed by atoms with van der Waals surface area (Å²) in [5.74, 6) is 0.527. The maximum Gasteiger partial charge on any atom is 0.228 e. The van der Waals surface area contributed by atoms with Gasteiger partial charge in [-0.05, 0) is 31.1 Å². The lowest BCUT2D eigenvalue weighted by molar-refractivity contribution is -0.134. The molecule has 1 atom stereocenters. The first-order valence-electron chi connectivity index (χ1n) is 7.16. The van der Waals surface area contributed by atoms with Crippen LogP contribution in [-0.4, -0.2) is 37.1 Å². The predicted octanol–water partition coefficient (Wildman–Crippen LogP) is 2.21. The van der Waals surface area contributed by atoms with E-state index in [9.17, 15) is 4.79 Å². The van der Waals surface area contributed by atoms with E-state index in [2.05, 4.69) is 4.90 Å². The summed E-state index contributed by atoms with van der Waals surface area (Å²) in [6.45, 7) is 3.45. The van der Waals surface area contributed by atoms with Crippen molar-refractivity contribution in [1.29, 1.82) is 0 Å². The molecule has 17 heavy (non-hydrogen) atoms. The molecule has 3 nitrogen and oxygen atoms in total. The van der Waals surface area contributed by atoms with Crippen LogP contribution in [0.1, 0.15) is 44.9 Å². The zero-order valence-electron chi connectivity index (χ0n) is 10.6. The van der Waals surface area contributed by atoms with Gasteiger partial charge in [0.15, 0.2) is 0 Å². The van der Waals surface area contributed by atoms with Gasteiger partial charge in [-0.15, -0.1) is 0 Å². The van der Waals surface area contributed by atoms with Crippen LogP contribution in [0.3, 0.4) is 0 Å². The van der Waals surface area contributed by atoms with Crippen LogP contribution in [0.25, 0.3) is 0 Å². The Labute approximate surface area is 104 Å². The largest absolute Gasteiger partial charge is 0.381 e. The summed E-state index contributed by atoms with van der Waals surface area (Å²) < 4.78 is 5.33. The van der Waals surface area contributed by atoms with E-state index in [4.69, 9.17) is 4.74 Å². The minimum atomic E-state index is 0.161. The smallest absolute Gasteiger partial charge is 0.228 e. The standard InChI is InChI=1S/C14H23NO2/c16-13(12-4-9-17-10-12)15-8-7-14(11-15)5-2-1-3-6-14/h12H,1-11H2. The van der Waals surface area contributed by atoms with Gasteiger partial charge in [-0.3, -0.25) is 4.79 Å². The Morgan fingerprint density at radius 3 is 2.71 bits per heavy atom. The molecule has 0 N–H and O–H groups in total. The van der Waals surface area contributed by atoms with E-state index in [0.717, 1.165) is 26.1 Å². The summed E-state index contributed by atoms with van der Waals surface area (Å²) in [7, 11) is 0. The van der Waals surface area contributed by atoms with Crippen LogP contribution in [0.2, 0.25) is 0 Å². The molecule has 3 heteroatoms. The lowest BCUT2D eigenvalue weighted by atomic mass is 9.73. The highest BCUT2D eigenvalue weighted by atomic mass is 16.5. The molecule has 1 spiro atoms. The van der Waals surface area contributed by atoms with E-state index >= 15 is 0 Å². The molecule has 3 rings (SSSR count). The van der Waals surface area contributed by atoms with Crippen molar-refractivity contribution < 1.29 is 9.53 Å². The van der Waals surface area contributed by atoms with Crippen molar-refractivity contribution in [2.24, 2.45) is 11.3 Å². The number of rotatable bonds is 1. The predicted molar refractivity (Wildman–Crippen MR) is 65.6 cm³/mol. The van der Waals surface area contributed by atoms with Gasteiger partial charge in [0.2, 0.25) is 5.91 Å². The number of amides is 1. The molecule has 0 bridgehead atoms. The highest BCUT2D eigenvalue weighted by Gasteiger charge is 2.42. The molecule has 3 fully saturated rings. The second-order valence-corrected chi connectivity index (χ2v) is 6.13. The van der Waals surface area contributed by atoms with Crippen molar-refractivity contribution in [3.05, 3.63) is 0 Å². The van der Waals surface area contributed by atoms with Gasteiger partial charge in [-0.1, -0.05) is 19.3 Å². The Kier molecular flexibility index (Phi) is 3.12. The number of carbonyl (C=O) groups excluding carboxylic acids is 1. The Bertz CT molecular complexity index is 291. The molecule has 0 aromatic carbocycles. The summed E-state index contributed by atoms with van der Waals surface area (Å²) in [5.41, 5.74) is 0.493. The average Bonchev–Trinajstić information content (AvgIpc) is 2.99. The van der Waals surface area contributed by atoms with Crippen LogP contribution in [0.4, 0.5) is 0 Å². The van der Waals surface area contributed by atoms with Gasteiger partial charge in [0, 0.05) is 19.7 Å². The zero-order valence-corrected chi connectivity index (χ0v) is 10.6. The van der Waals surface area contributed by atoms with E-state index in [0.29, 0.717) is 17.9 Å². The van der Waals surface area contributed by atoms with E-state index in [1.165, 1.54) is 38.5 Å². The first-order chi connectivity index (χ1) is 8.29. The normalized spacial score (nSPS) is 32.2. The van der Waals surface area contributed by atoms with Crippen LogP contribution in [0.15, 0.2) is 0 Å². The number of likely N-dealkylation sites (tertiary alicyclic amines) is 1. The van der Waals surface area contributed by atoms with Crippen LogP contribution in [0.5, 0.6) is 0 Å². The van der Waals surface area contributed by atoms with Crippen molar-refractivity contribution in [3.8, 4) is 0 Å². The monoisotopic (exact) mass is 237 g/mol. The molecule has 0 radical (unpaired) electrons. The lowest BCUT2D eigenvalue weighted by Gasteiger charge is -2.33. The molecular weight excluding hydrogens is 214 g/mol. The zero-order chi connectivity index (χ0) is 11.7. The number of hydrogen-bond acceptors (Lipinski definition) is 2. The molecular formula is C14H23NO2. The Morgan fingerprint density at radius 1 is 1.18 bits per heavy atom. The molecule has 1 aliphatic carbocycles. The fourth-order valence-electron chi connectivity index (χ4n) is 3.82. The molecule has 96 valence electrons. The summed E-state index contributed by atoms with van der Waals surface area (Å²) in [5, 5.41) is 0. The molecule has 0 aromatic rings. The number of nitrogens with zero attached hydrogens (tertiary/aromatic N) is 1. The second-order valence-electron chi connectivity index (χ2n) is 6.13. The van der Waals surface area contributed by atoms with E-state index in [-0.39, 0.29) is 5.92 Å². The van der Waals surface area contributed by atoms with Gasteiger partial charge < -0.3 is 9.64 Å². The SMILES string of the molecule is O=C(C1CCOC1)N1CCC2(CCCCC2)C1. The highest BCUT2D eigenvalue weighted by molar-refractivity contribution is 5.79. The Hall–Kier alpha value is -0.570. The number of carbonyl (C=O) groups is 1. The van der Waals surface area contributed by atoms with Crippen molar-refractivity contribution in [3.63, 3.8) is 0 Å². The third-order valence-corrected chi connectivity index (χ3v) is 4.94. The Morgan fingerprint density at radius 2 is 2.00 bits per heavy atom. The van der Waals surface area contributed by atoms with Crippen LogP contribution < -0.4 is 0 Å². The first-order valence-corrected chi connectivity index (χ1v) is 7.16. The van der Waals surface area contributed by atoms with Gasteiger partial charge in [0.25, 0.3) is 0 Å². The average molecular weight is 237 g/mol. The van der Waals surface area contributed by atoms with Gasteiger partial charge in [0.1, 0.15) is 0 Å². The topological polar surface area (TPSA) is 29.5 Å². The van der Waals surface area contributed by atoms with Crippen molar-refractivity contribution in [2.75, 3.05) is 26.3 Å². The summed E-state index contributed by atoms with van der Waals surface area (Å²) in [4.78, 5) is 14.4. The fraction of sp³-hybridized carbons (Fsp3) is 0.929. The fourth-order valence-corrected chi connectivity index (χ4v) is 3.82. The molecule has 0 aromatic heterocycles. The lowest BCUT2D eigenvalue weighted by Crippen LogP contribution is -2.37. The van der Waals surface area contributed by atoms with Gasteiger partial charge in [-0.25, -0.2) is 0 Å². The minimum absolute atomic E-state index is 0.161. The number of ether oxygens (including phenoxy) is 1. The maximum atomic E-state index is 12.3. The van der Waals surface area contributed by atoms with E-state index in [1.54, 1.807) is 0 Å². The minimum Gasteiger partial charge on any atom is -0.381 e. The molecule has 2 saturated heterocycles. The van der Waals surface area contributed by atoms with Crippen molar-refractivity contribution in [2.45, 2.75) is 44.9 Å². The number of hydrogen-bond donors (Lipinski definition) is 0. The summed E-state index contributed by atoms with van der Waals surface area (Å²) in [6, 6.07) is 0. The van der Waals surface area contributed by atoms with Crippen molar-refractivity contribution >= 4 is 5.91 Å². The molecule has 2 heterocycles. The molecule has 2 aliphatic heterocycles. The van der Waals surface area contributed by atoms with Crippen LogP contribution in [0, 0.1) is 11.3 Å². The van der Waals surface area contributed by atoms with Gasteiger partial charge in [0.05, 0.1) is 12.5 Å². The maximum absolute atomic E-state index is 12.3. The second kappa shape index (κ2) is 4.60. The molecule has 1 unspecified atom stereocenters.